The first-order valence-electron chi connectivity index (χ1n) is 11.4. The number of nitrogens with one attached hydrogen (secondary N) is 2. The minimum atomic E-state index is -1.17. The van der Waals surface area contributed by atoms with Crippen LogP contribution in [0.5, 0.6) is 17.2 Å². The van der Waals surface area contributed by atoms with Crippen molar-refractivity contribution >= 4 is 17.7 Å². The van der Waals surface area contributed by atoms with Crippen LogP contribution in [-0.2, 0) is 16.1 Å². The van der Waals surface area contributed by atoms with Gasteiger partial charge in [-0.05, 0) is 55.7 Å². The van der Waals surface area contributed by atoms with Gasteiger partial charge in [-0.25, -0.2) is 4.39 Å². The van der Waals surface area contributed by atoms with Gasteiger partial charge in [0, 0.05) is 44.2 Å². The van der Waals surface area contributed by atoms with Crippen LogP contribution in [0, 0.1) is 5.82 Å². The molecule has 3 amide bonds. The predicted molar refractivity (Wildman–Crippen MR) is 126 cm³/mol. The number of rotatable bonds is 2. The second-order valence-corrected chi connectivity index (χ2v) is 8.25. The molecule has 2 heterocycles. The summed E-state index contributed by atoms with van der Waals surface area (Å²) in [7, 11) is 1.43. The molecule has 0 fully saturated rings. The van der Waals surface area contributed by atoms with E-state index in [1.54, 1.807) is 18.2 Å². The zero-order valence-electron chi connectivity index (χ0n) is 19.8. The van der Waals surface area contributed by atoms with Gasteiger partial charge in [-0.15, -0.1) is 0 Å². The van der Waals surface area contributed by atoms with Gasteiger partial charge in [0.05, 0.1) is 7.11 Å². The number of aliphatic hydroxyl groups excluding tert-OH is 1. The molecule has 2 aromatic rings. The quantitative estimate of drug-likeness (QED) is 0.599. The van der Waals surface area contributed by atoms with Crippen LogP contribution >= 0.6 is 0 Å². The SMILES string of the molecule is COc1cc2ccc1Oc1cc(F)cc(c1)CNC(=O)CCCN(C(=O)[C@H](C)O)CCCNC2=O. The van der Waals surface area contributed by atoms with Crippen molar-refractivity contribution in [3.05, 3.63) is 53.3 Å². The Balaban J connectivity index is 1.85. The third-order valence-corrected chi connectivity index (χ3v) is 5.47. The molecule has 188 valence electrons. The fourth-order valence-electron chi connectivity index (χ4n) is 3.69. The van der Waals surface area contributed by atoms with Gasteiger partial charge >= 0.3 is 0 Å². The Hall–Kier alpha value is -3.66. The maximum atomic E-state index is 14.2. The summed E-state index contributed by atoms with van der Waals surface area (Å²) in [6, 6.07) is 8.76. The Morgan fingerprint density at radius 3 is 2.66 bits per heavy atom. The molecule has 2 aliphatic rings. The summed E-state index contributed by atoms with van der Waals surface area (Å²) in [6.45, 7) is 2.38. The molecule has 3 N–H and O–H groups in total. The van der Waals surface area contributed by atoms with Crippen LogP contribution in [0.15, 0.2) is 36.4 Å². The maximum absolute atomic E-state index is 14.2. The molecule has 0 saturated carbocycles. The van der Waals surface area contributed by atoms with Crippen LogP contribution in [0.3, 0.4) is 0 Å². The van der Waals surface area contributed by atoms with Crippen molar-refractivity contribution < 1.29 is 33.4 Å². The highest BCUT2D eigenvalue weighted by atomic mass is 19.1. The van der Waals surface area contributed by atoms with E-state index in [2.05, 4.69) is 10.6 Å². The highest BCUT2D eigenvalue weighted by Gasteiger charge is 2.19. The molecule has 4 rings (SSSR count). The summed E-state index contributed by atoms with van der Waals surface area (Å²) in [6.07, 6.45) is -0.157. The molecule has 0 aliphatic carbocycles. The average molecular weight is 488 g/mol. The average Bonchev–Trinajstić information content (AvgIpc) is 2.82. The standard InChI is InChI=1S/C25H30FN3O6/c1-16(30)25(33)29-9-3-5-23(31)28-15-17-11-19(26)14-20(12-17)35-21-7-6-18(13-22(21)34-2)24(32)27-8-4-10-29/h6-7,11-14,16,30H,3-5,8-10,15H2,1-2H3,(H,27,32)(H,28,31)/t16-/m0/s1. The molecule has 0 aromatic heterocycles. The fourth-order valence-corrected chi connectivity index (χ4v) is 3.69. The number of nitrogens with zero attached hydrogens (tertiary/aromatic N) is 1. The number of benzene rings is 2. The molecule has 2 aromatic carbocycles. The van der Waals surface area contributed by atoms with Gasteiger partial charge in [-0.2, -0.15) is 0 Å². The van der Waals surface area contributed by atoms with E-state index in [-0.39, 0.29) is 37.1 Å². The van der Waals surface area contributed by atoms with E-state index < -0.39 is 17.8 Å². The van der Waals surface area contributed by atoms with Crippen molar-refractivity contribution in [3.63, 3.8) is 0 Å². The smallest absolute Gasteiger partial charge is 0.251 e. The van der Waals surface area contributed by atoms with Crippen LogP contribution in [0.25, 0.3) is 0 Å². The topological polar surface area (TPSA) is 117 Å². The number of hydrogen-bond donors (Lipinski definition) is 3. The lowest BCUT2D eigenvalue weighted by Crippen LogP contribution is -2.40. The van der Waals surface area contributed by atoms with Crippen LogP contribution in [0.4, 0.5) is 4.39 Å². The molecule has 4 bridgehead atoms. The van der Waals surface area contributed by atoms with Crippen molar-refractivity contribution in [2.24, 2.45) is 0 Å². The summed E-state index contributed by atoms with van der Waals surface area (Å²) < 4.78 is 25.4. The zero-order valence-corrected chi connectivity index (χ0v) is 19.8. The Morgan fingerprint density at radius 2 is 1.91 bits per heavy atom. The number of carbonyl (C=O) groups excluding carboxylic acids is 3. The third kappa shape index (κ3) is 7.41. The van der Waals surface area contributed by atoms with Gasteiger partial charge in [0.1, 0.15) is 17.7 Å². The molecular weight excluding hydrogens is 457 g/mol. The van der Waals surface area contributed by atoms with Crippen LogP contribution < -0.4 is 20.1 Å². The second-order valence-electron chi connectivity index (χ2n) is 8.25. The van der Waals surface area contributed by atoms with Crippen LogP contribution in [0.1, 0.15) is 42.1 Å². The predicted octanol–water partition coefficient (Wildman–Crippen LogP) is 2.37. The maximum Gasteiger partial charge on any atom is 0.251 e. The van der Waals surface area contributed by atoms with Gasteiger partial charge in [-0.3, -0.25) is 14.4 Å². The molecule has 10 heteroatoms. The van der Waals surface area contributed by atoms with E-state index in [1.807, 2.05) is 0 Å². The molecule has 0 unspecified atom stereocenters. The van der Waals surface area contributed by atoms with Crippen molar-refractivity contribution in [1.29, 1.82) is 0 Å². The molecule has 0 spiro atoms. The third-order valence-electron chi connectivity index (χ3n) is 5.47. The van der Waals surface area contributed by atoms with Crippen LogP contribution in [-0.4, -0.2) is 60.6 Å². The number of fused-ring (bicyclic) bond motifs is 13. The fraction of sp³-hybridized carbons (Fsp3) is 0.400. The van der Waals surface area contributed by atoms with E-state index in [9.17, 15) is 23.9 Å². The van der Waals surface area contributed by atoms with Crippen molar-refractivity contribution in [2.45, 2.75) is 38.8 Å². The molecule has 35 heavy (non-hydrogen) atoms. The Labute approximate surface area is 203 Å². The first-order valence-corrected chi connectivity index (χ1v) is 11.4. The highest BCUT2D eigenvalue weighted by Crippen LogP contribution is 2.33. The summed E-state index contributed by atoms with van der Waals surface area (Å²) in [5.74, 6) is -0.747. The van der Waals surface area contributed by atoms with Crippen molar-refractivity contribution in [1.82, 2.24) is 15.5 Å². The summed E-state index contributed by atoms with van der Waals surface area (Å²) in [5.41, 5.74) is 0.854. The van der Waals surface area contributed by atoms with Gasteiger partial charge in [0.2, 0.25) is 5.91 Å². The minimum absolute atomic E-state index is 0.0967. The zero-order chi connectivity index (χ0) is 25.4. The highest BCUT2D eigenvalue weighted by molar-refractivity contribution is 5.94. The lowest BCUT2D eigenvalue weighted by molar-refractivity contribution is -0.139. The summed E-state index contributed by atoms with van der Waals surface area (Å²) >= 11 is 0. The normalized spacial score (nSPS) is 16.5. The van der Waals surface area contributed by atoms with Crippen molar-refractivity contribution in [3.8, 4) is 17.2 Å². The number of halogens is 1. The number of ether oxygens (including phenoxy) is 2. The number of methoxy groups -OCH3 is 1. The van der Waals surface area contributed by atoms with Crippen LogP contribution in [0.2, 0.25) is 0 Å². The summed E-state index contributed by atoms with van der Waals surface area (Å²) in [5, 5.41) is 15.2. The molecule has 1 atom stereocenters. The van der Waals surface area contributed by atoms with Gasteiger partial charge in [-0.1, -0.05) is 0 Å². The Bertz CT molecular complexity index is 1080. The van der Waals surface area contributed by atoms with E-state index in [4.69, 9.17) is 9.47 Å². The van der Waals surface area contributed by atoms with E-state index in [0.717, 1.165) is 0 Å². The van der Waals surface area contributed by atoms with Crippen molar-refractivity contribution in [2.75, 3.05) is 26.7 Å². The molecule has 9 nitrogen and oxygen atoms in total. The minimum Gasteiger partial charge on any atom is -0.493 e. The lowest BCUT2D eigenvalue weighted by Gasteiger charge is -2.24. The van der Waals surface area contributed by atoms with Gasteiger partial charge < -0.3 is 30.1 Å². The first kappa shape index (κ1) is 26.0. The first-order chi connectivity index (χ1) is 16.8. The Kier molecular flexibility index (Phi) is 9.02. The van der Waals surface area contributed by atoms with Gasteiger partial charge in [0.25, 0.3) is 11.8 Å². The van der Waals surface area contributed by atoms with E-state index in [1.165, 1.54) is 37.1 Å². The Morgan fingerprint density at radius 1 is 1.14 bits per heavy atom. The number of hydrogen-bond acceptors (Lipinski definition) is 6. The van der Waals surface area contributed by atoms with E-state index in [0.29, 0.717) is 48.6 Å². The monoisotopic (exact) mass is 487 g/mol. The number of carbonyl (C=O) groups is 3. The molecule has 0 saturated heterocycles. The number of amides is 3. The van der Waals surface area contributed by atoms with E-state index >= 15 is 0 Å². The molecule has 0 radical (unpaired) electrons. The molecular formula is C25H30FN3O6. The lowest BCUT2D eigenvalue weighted by atomic mass is 10.1. The molecule has 2 aliphatic heterocycles. The largest absolute Gasteiger partial charge is 0.493 e. The number of aliphatic hydroxyl groups is 1. The second kappa shape index (κ2) is 12.2. The summed E-state index contributed by atoms with van der Waals surface area (Å²) in [4.78, 5) is 38.7. The van der Waals surface area contributed by atoms with Gasteiger partial charge in [0.15, 0.2) is 11.5 Å².